The number of nitrogens with two attached hydrogens (primary N) is 2. The van der Waals surface area contributed by atoms with Crippen LogP contribution in [0.15, 0.2) is 30.5 Å². The van der Waals surface area contributed by atoms with Crippen LogP contribution >= 0.6 is 0 Å². The molecular formula is C26H40N6O5. The number of carbonyl (C=O) groups is 4. The first-order valence-corrected chi connectivity index (χ1v) is 12.7. The van der Waals surface area contributed by atoms with Gasteiger partial charge in [-0.3, -0.25) is 14.4 Å². The number of H-pyrrole nitrogens is 1. The van der Waals surface area contributed by atoms with Crippen LogP contribution in [-0.4, -0.2) is 64.5 Å². The third-order valence-electron chi connectivity index (χ3n) is 6.57. The van der Waals surface area contributed by atoms with Crippen LogP contribution in [0.5, 0.6) is 0 Å². The highest BCUT2D eigenvalue weighted by Gasteiger charge is 2.31. The molecule has 37 heavy (non-hydrogen) atoms. The molecule has 0 saturated carbocycles. The molecule has 2 rings (SSSR count). The zero-order chi connectivity index (χ0) is 27.5. The van der Waals surface area contributed by atoms with Crippen LogP contribution in [0.3, 0.4) is 0 Å². The van der Waals surface area contributed by atoms with Crippen molar-refractivity contribution >= 4 is 34.6 Å². The normalized spacial score (nSPS) is 15.3. The van der Waals surface area contributed by atoms with E-state index >= 15 is 0 Å². The van der Waals surface area contributed by atoms with Crippen molar-refractivity contribution in [3.8, 4) is 0 Å². The number of benzene rings is 1. The summed E-state index contributed by atoms with van der Waals surface area (Å²) in [6, 6.07) is 3.61. The number of rotatable bonds is 15. The van der Waals surface area contributed by atoms with Gasteiger partial charge in [0.1, 0.15) is 18.1 Å². The van der Waals surface area contributed by atoms with E-state index in [4.69, 9.17) is 11.5 Å². The van der Waals surface area contributed by atoms with Gasteiger partial charge in [-0.25, -0.2) is 4.79 Å². The van der Waals surface area contributed by atoms with Crippen molar-refractivity contribution in [2.24, 2.45) is 17.4 Å². The highest BCUT2D eigenvalue weighted by Crippen LogP contribution is 2.19. The number of fused-ring (bicyclic) bond motifs is 1. The molecule has 2 aromatic rings. The smallest absolute Gasteiger partial charge is 0.326 e. The molecule has 0 aliphatic rings. The molecule has 0 saturated heterocycles. The maximum Gasteiger partial charge on any atom is 0.326 e. The minimum atomic E-state index is -1.15. The Kier molecular flexibility index (Phi) is 11.5. The lowest BCUT2D eigenvalue weighted by Crippen LogP contribution is -2.57. The predicted molar refractivity (Wildman–Crippen MR) is 141 cm³/mol. The Bertz CT molecular complexity index is 1070. The van der Waals surface area contributed by atoms with Crippen molar-refractivity contribution in [3.63, 3.8) is 0 Å². The third kappa shape index (κ3) is 8.57. The van der Waals surface area contributed by atoms with Crippen LogP contribution in [0, 0.1) is 5.92 Å². The van der Waals surface area contributed by atoms with E-state index in [2.05, 4.69) is 20.9 Å². The van der Waals surface area contributed by atoms with Crippen LogP contribution in [0.25, 0.3) is 10.9 Å². The van der Waals surface area contributed by atoms with Gasteiger partial charge in [-0.2, -0.15) is 0 Å². The molecule has 0 fully saturated rings. The maximum absolute atomic E-state index is 13.3. The van der Waals surface area contributed by atoms with Crippen LogP contribution in [0.2, 0.25) is 0 Å². The number of carbonyl (C=O) groups excluding carboxylic acids is 3. The lowest BCUT2D eigenvalue weighted by Gasteiger charge is -2.25. The number of amides is 3. The standard InChI is InChI=1S/C26H40N6O5/c1-4-15(2)22(26(36)37)32-25(35)21(13-17-14-29-20-11-6-5-9-18(17)20)31-23(33)16(3)30-24(34)19(28)10-7-8-12-27/h5-6,9,11,14-16,19,21-22,29H,4,7-8,10,12-13,27-28H2,1-3H3,(H,30,34)(H,31,33)(H,32,35)(H,36,37). The van der Waals surface area contributed by atoms with E-state index in [1.807, 2.05) is 31.2 Å². The number of unbranched alkanes of at least 4 members (excludes halogenated alkanes) is 1. The highest BCUT2D eigenvalue weighted by atomic mass is 16.4. The summed E-state index contributed by atoms with van der Waals surface area (Å²) in [6.45, 7) is 5.58. The molecule has 11 nitrogen and oxygen atoms in total. The molecule has 11 heteroatoms. The predicted octanol–water partition coefficient (Wildman–Crippen LogP) is 0.772. The second-order valence-corrected chi connectivity index (χ2v) is 9.46. The summed E-state index contributed by atoms with van der Waals surface area (Å²) >= 11 is 0. The topological polar surface area (TPSA) is 192 Å². The summed E-state index contributed by atoms with van der Waals surface area (Å²) in [5, 5.41) is 18.4. The summed E-state index contributed by atoms with van der Waals surface area (Å²) < 4.78 is 0. The summed E-state index contributed by atoms with van der Waals surface area (Å²) in [6.07, 6.45) is 4.30. The zero-order valence-corrected chi connectivity index (χ0v) is 21.8. The number of carboxylic acids is 1. The first kappa shape index (κ1) is 29.8. The second-order valence-electron chi connectivity index (χ2n) is 9.46. The van der Waals surface area contributed by atoms with Crippen molar-refractivity contribution < 1.29 is 24.3 Å². The van der Waals surface area contributed by atoms with E-state index in [0.29, 0.717) is 25.8 Å². The molecule has 1 aromatic heterocycles. The minimum absolute atomic E-state index is 0.119. The maximum atomic E-state index is 13.3. The quantitative estimate of drug-likeness (QED) is 0.170. The van der Waals surface area contributed by atoms with E-state index in [-0.39, 0.29) is 12.3 Å². The van der Waals surface area contributed by atoms with E-state index in [1.54, 1.807) is 13.1 Å². The first-order valence-electron chi connectivity index (χ1n) is 12.7. The number of aromatic amines is 1. The molecule has 0 aliphatic heterocycles. The molecule has 0 aliphatic carbocycles. The van der Waals surface area contributed by atoms with E-state index in [9.17, 15) is 24.3 Å². The Morgan fingerprint density at radius 3 is 2.35 bits per heavy atom. The molecule has 5 atom stereocenters. The fourth-order valence-corrected chi connectivity index (χ4v) is 3.99. The number of nitrogens with one attached hydrogen (secondary N) is 4. The third-order valence-corrected chi connectivity index (χ3v) is 6.57. The van der Waals surface area contributed by atoms with Crippen molar-refractivity contribution in [1.82, 2.24) is 20.9 Å². The molecule has 0 bridgehead atoms. The number of hydrogen-bond acceptors (Lipinski definition) is 6. The number of carboxylic acid groups (broad SMARTS) is 1. The minimum Gasteiger partial charge on any atom is -0.480 e. The average Bonchev–Trinajstić information content (AvgIpc) is 3.28. The van der Waals surface area contributed by atoms with Gasteiger partial charge in [0.15, 0.2) is 0 Å². The van der Waals surface area contributed by atoms with Gasteiger partial charge in [-0.1, -0.05) is 44.9 Å². The summed E-state index contributed by atoms with van der Waals surface area (Å²) in [5.41, 5.74) is 13.0. The number of aliphatic carboxylic acids is 1. The fourth-order valence-electron chi connectivity index (χ4n) is 3.99. The Balaban J connectivity index is 2.18. The summed E-state index contributed by atoms with van der Waals surface area (Å²) in [4.78, 5) is 53.6. The molecular weight excluding hydrogens is 476 g/mol. The largest absolute Gasteiger partial charge is 0.480 e. The van der Waals surface area contributed by atoms with Crippen LogP contribution in [-0.2, 0) is 25.6 Å². The average molecular weight is 517 g/mol. The van der Waals surface area contributed by atoms with Gasteiger partial charge in [-0.05, 0) is 43.9 Å². The molecule has 5 unspecified atom stereocenters. The van der Waals surface area contributed by atoms with Crippen molar-refractivity contribution in [3.05, 3.63) is 36.0 Å². The Morgan fingerprint density at radius 2 is 1.70 bits per heavy atom. The number of hydrogen-bond donors (Lipinski definition) is 7. The van der Waals surface area contributed by atoms with Crippen LogP contribution in [0.4, 0.5) is 0 Å². The van der Waals surface area contributed by atoms with E-state index < -0.39 is 47.9 Å². The molecule has 1 heterocycles. The van der Waals surface area contributed by atoms with E-state index in [1.165, 1.54) is 6.92 Å². The van der Waals surface area contributed by atoms with Crippen molar-refractivity contribution in [2.45, 2.75) is 77.0 Å². The second kappa shape index (κ2) is 14.3. The number of para-hydroxylation sites is 1. The van der Waals surface area contributed by atoms with E-state index in [0.717, 1.165) is 22.9 Å². The molecule has 0 radical (unpaired) electrons. The van der Waals surface area contributed by atoms with Crippen molar-refractivity contribution in [2.75, 3.05) is 6.54 Å². The fraction of sp³-hybridized carbons (Fsp3) is 0.538. The van der Waals surface area contributed by atoms with Gasteiger partial charge < -0.3 is 37.5 Å². The summed E-state index contributed by atoms with van der Waals surface area (Å²) in [7, 11) is 0. The molecule has 9 N–H and O–H groups in total. The van der Waals surface area contributed by atoms with Gasteiger partial charge in [0.2, 0.25) is 17.7 Å². The van der Waals surface area contributed by atoms with Gasteiger partial charge in [0.05, 0.1) is 6.04 Å². The first-order chi connectivity index (χ1) is 17.6. The zero-order valence-electron chi connectivity index (χ0n) is 21.8. The lowest BCUT2D eigenvalue weighted by atomic mass is 9.98. The number of aromatic nitrogens is 1. The Morgan fingerprint density at radius 1 is 1.00 bits per heavy atom. The van der Waals surface area contributed by atoms with Crippen molar-refractivity contribution in [1.29, 1.82) is 0 Å². The Hall–Kier alpha value is -3.44. The molecule has 204 valence electrons. The molecule has 1 aromatic carbocycles. The van der Waals surface area contributed by atoms with Gasteiger partial charge >= 0.3 is 5.97 Å². The molecule has 0 spiro atoms. The lowest BCUT2D eigenvalue weighted by molar-refractivity contribution is -0.143. The SMILES string of the molecule is CCC(C)C(NC(=O)C(Cc1c[nH]c2ccccc12)NC(=O)C(C)NC(=O)C(N)CCCCN)C(=O)O. The monoisotopic (exact) mass is 516 g/mol. The van der Waals surface area contributed by atoms with Gasteiger partial charge in [0.25, 0.3) is 0 Å². The molecule has 3 amide bonds. The van der Waals surface area contributed by atoms with Gasteiger partial charge in [0, 0.05) is 23.5 Å². The van der Waals surface area contributed by atoms with Crippen LogP contribution in [0.1, 0.15) is 52.0 Å². The van der Waals surface area contributed by atoms with Crippen LogP contribution < -0.4 is 27.4 Å². The Labute approximate surface area is 217 Å². The highest BCUT2D eigenvalue weighted by molar-refractivity contribution is 5.94. The van der Waals surface area contributed by atoms with Gasteiger partial charge in [-0.15, -0.1) is 0 Å². The summed E-state index contributed by atoms with van der Waals surface area (Å²) in [5.74, 6) is -3.14.